The van der Waals surface area contributed by atoms with Crippen molar-refractivity contribution in [2.75, 3.05) is 6.61 Å². The lowest BCUT2D eigenvalue weighted by atomic mass is 10.1. The number of carbonyl (C=O) groups is 2. The SMILES string of the molecule is CCCCOc1ccc(C(=O)NC(=Cc2ccc(Cl)cc2)C(N)=O)cc1. The zero-order chi connectivity index (χ0) is 18.9. The summed E-state index contributed by atoms with van der Waals surface area (Å²) in [5.41, 5.74) is 6.46. The molecule has 0 spiro atoms. The van der Waals surface area contributed by atoms with Crippen LogP contribution in [0.1, 0.15) is 35.7 Å². The summed E-state index contributed by atoms with van der Waals surface area (Å²) in [7, 11) is 0. The van der Waals surface area contributed by atoms with Crippen LogP contribution in [0, 0.1) is 0 Å². The summed E-state index contributed by atoms with van der Waals surface area (Å²) in [4.78, 5) is 24.0. The van der Waals surface area contributed by atoms with Crippen LogP contribution in [0.4, 0.5) is 0 Å². The fourth-order valence-corrected chi connectivity index (χ4v) is 2.25. The number of rotatable bonds is 8. The summed E-state index contributed by atoms with van der Waals surface area (Å²) in [6, 6.07) is 13.5. The molecule has 6 heteroatoms. The Hall–Kier alpha value is -2.79. The number of amides is 2. The Morgan fingerprint density at radius 3 is 2.35 bits per heavy atom. The van der Waals surface area contributed by atoms with E-state index < -0.39 is 11.8 Å². The molecule has 136 valence electrons. The molecule has 0 atom stereocenters. The van der Waals surface area contributed by atoms with Crippen molar-refractivity contribution in [3.8, 4) is 5.75 Å². The van der Waals surface area contributed by atoms with Crippen LogP contribution < -0.4 is 15.8 Å². The van der Waals surface area contributed by atoms with E-state index in [1.165, 1.54) is 6.08 Å². The first-order valence-corrected chi connectivity index (χ1v) is 8.68. The van der Waals surface area contributed by atoms with E-state index in [9.17, 15) is 9.59 Å². The molecule has 0 saturated carbocycles. The summed E-state index contributed by atoms with van der Waals surface area (Å²) < 4.78 is 5.56. The first-order chi connectivity index (χ1) is 12.5. The Kier molecular flexibility index (Phi) is 7.24. The van der Waals surface area contributed by atoms with Gasteiger partial charge in [0.05, 0.1) is 6.61 Å². The van der Waals surface area contributed by atoms with Crippen molar-refractivity contribution >= 4 is 29.5 Å². The zero-order valence-electron chi connectivity index (χ0n) is 14.5. The average molecular weight is 373 g/mol. The molecule has 2 aromatic rings. The Labute approximate surface area is 157 Å². The van der Waals surface area contributed by atoms with Gasteiger partial charge in [-0.25, -0.2) is 0 Å². The molecular formula is C20H21ClN2O3. The smallest absolute Gasteiger partial charge is 0.265 e. The minimum atomic E-state index is -0.729. The lowest BCUT2D eigenvalue weighted by Crippen LogP contribution is -2.31. The van der Waals surface area contributed by atoms with Crippen molar-refractivity contribution in [2.24, 2.45) is 5.73 Å². The topological polar surface area (TPSA) is 81.4 Å². The molecule has 0 aliphatic carbocycles. The van der Waals surface area contributed by atoms with Crippen LogP contribution in [0.3, 0.4) is 0 Å². The maximum atomic E-state index is 12.4. The number of primary amides is 1. The number of halogens is 1. The molecule has 0 radical (unpaired) electrons. The van der Waals surface area contributed by atoms with E-state index in [-0.39, 0.29) is 5.70 Å². The molecule has 5 nitrogen and oxygen atoms in total. The van der Waals surface area contributed by atoms with Crippen LogP contribution in [0.15, 0.2) is 54.2 Å². The minimum Gasteiger partial charge on any atom is -0.494 e. The quantitative estimate of drug-likeness (QED) is 0.546. The van der Waals surface area contributed by atoms with Gasteiger partial charge < -0.3 is 15.8 Å². The van der Waals surface area contributed by atoms with Crippen LogP contribution in [0.2, 0.25) is 5.02 Å². The lowest BCUT2D eigenvalue weighted by molar-refractivity contribution is -0.114. The molecule has 0 heterocycles. The third-order valence-electron chi connectivity index (χ3n) is 3.58. The van der Waals surface area contributed by atoms with Gasteiger partial charge in [-0.1, -0.05) is 37.1 Å². The van der Waals surface area contributed by atoms with Crippen molar-refractivity contribution in [2.45, 2.75) is 19.8 Å². The summed E-state index contributed by atoms with van der Waals surface area (Å²) in [6.45, 7) is 2.72. The van der Waals surface area contributed by atoms with E-state index >= 15 is 0 Å². The third-order valence-corrected chi connectivity index (χ3v) is 3.83. The van der Waals surface area contributed by atoms with Crippen molar-refractivity contribution < 1.29 is 14.3 Å². The lowest BCUT2D eigenvalue weighted by Gasteiger charge is -2.09. The predicted octanol–water partition coefficient (Wildman–Crippen LogP) is 3.78. The minimum absolute atomic E-state index is 0.000551. The molecule has 2 amide bonds. The molecule has 0 unspecified atom stereocenters. The third kappa shape index (κ3) is 5.93. The van der Waals surface area contributed by atoms with Crippen molar-refractivity contribution in [1.29, 1.82) is 0 Å². The van der Waals surface area contributed by atoms with Crippen LogP contribution in [0.5, 0.6) is 5.75 Å². The molecular weight excluding hydrogens is 352 g/mol. The van der Waals surface area contributed by atoms with E-state index in [2.05, 4.69) is 12.2 Å². The van der Waals surface area contributed by atoms with Crippen LogP contribution in [-0.2, 0) is 4.79 Å². The van der Waals surface area contributed by atoms with Gasteiger partial charge in [-0.15, -0.1) is 0 Å². The summed E-state index contributed by atoms with van der Waals surface area (Å²) in [5, 5.41) is 3.12. The zero-order valence-corrected chi connectivity index (χ0v) is 15.3. The highest BCUT2D eigenvalue weighted by atomic mass is 35.5. The second-order valence-electron chi connectivity index (χ2n) is 5.65. The number of nitrogens with one attached hydrogen (secondary N) is 1. The van der Waals surface area contributed by atoms with Crippen LogP contribution >= 0.6 is 11.6 Å². The van der Waals surface area contributed by atoms with Crippen molar-refractivity contribution in [1.82, 2.24) is 5.32 Å². The molecule has 26 heavy (non-hydrogen) atoms. The van der Waals surface area contributed by atoms with E-state index in [0.29, 0.717) is 28.5 Å². The second kappa shape index (κ2) is 9.63. The normalized spacial score (nSPS) is 11.1. The molecule has 0 fully saturated rings. The van der Waals surface area contributed by atoms with Gasteiger partial charge in [0.25, 0.3) is 11.8 Å². The van der Waals surface area contributed by atoms with E-state index in [1.54, 1.807) is 48.5 Å². The monoisotopic (exact) mass is 372 g/mol. The second-order valence-corrected chi connectivity index (χ2v) is 6.09. The van der Waals surface area contributed by atoms with Crippen LogP contribution in [-0.4, -0.2) is 18.4 Å². The van der Waals surface area contributed by atoms with Gasteiger partial charge in [0.2, 0.25) is 0 Å². The first kappa shape index (κ1) is 19.5. The van der Waals surface area contributed by atoms with E-state index in [1.807, 2.05) is 0 Å². The standard InChI is InChI=1S/C20H21ClN2O3/c1-2-3-12-26-17-10-6-15(7-11-17)20(25)23-18(19(22)24)13-14-4-8-16(21)9-5-14/h4-11,13H,2-3,12H2,1H3,(H2,22,24)(H,23,25). The Bertz CT molecular complexity index is 784. The van der Waals surface area contributed by atoms with Gasteiger partial charge >= 0.3 is 0 Å². The number of hydrogen-bond donors (Lipinski definition) is 2. The van der Waals surface area contributed by atoms with Crippen molar-refractivity contribution in [3.63, 3.8) is 0 Å². The molecule has 0 saturated heterocycles. The summed E-state index contributed by atoms with van der Waals surface area (Å²) in [6.07, 6.45) is 3.52. The van der Waals surface area contributed by atoms with Gasteiger partial charge in [-0.3, -0.25) is 9.59 Å². The number of hydrogen-bond acceptors (Lipinski definition) is 3. The molecule has 0 bridgehead atoms. The van der Waals surface area contributed by atoms with Crippen LogP contribution in [0.25, 0.3) is 6.08 Å². The summed E-state index contributed by atoms with van der Waals surface area (Å²) in [5.74, 6) is -0.459. The van der Waals surface area contributed by atoms with Gasteiger partial charge in [0, 0.05) is 10.6 Å². The molecule has 0 aliphatic heterocycles. The highest BCUT2D eigenvalue weighted by Gasteiger charge is 2.12. The Balaban J connectivity index is 2.07. The van der Waals surface area contributed by atoms with Gasteiger partial charge in [0.1, 0.15) is 11.4 Å². The largest absolute Gasteiger partial charge is 0.494 e. The molecule has 2 aromatic carbocycles. The number of benzene rings is 2. The highest BCUT2D eigenvalue weighted by molar-refractivity contribution is 6.30. The van der Waals surface area contributed by atoms with Crippen molar-refractivity contribution in [3.05, 3.63) is 70.4 Å². The molecule has 0 aliphatic rings. The number of carbonyl (C=O) groups excluding carboxylic acids is 2. The number of unbranched alkanes of at least 4 members (excludes halogenated alkanes) is 1. The number of nitrogens with two attached hydrogens (primary N) is 1. The fraction of sp³-hybridized carbons (Fsp3) is 0.200. The highest BCUT2D eigenvalue weighted by Crippen LogP contribution is 2.14. The summed E-state index contributed by atoms with van der Waals surface area (Å²) >= 11 is 5.84. The maximum absolute atomic E-state index is 12.4. The Morgan fingerprint density at radius 1 is 1.12 bits per heavy atom. The molecule has 0 aromatic heterocycles. The molecule has 2 rings (SSSR count). The van der Waals surface area contributed by atoms with Gasteiger partial charge in [-0.05, 0) is 54.5 Å². The molecule has 3 N–H and O–H groups in total. The fourth-order valence-electron chi connectivity index (χ4n) is 2.13. The average Bonchev–Trinajstić information content (AvgIpc) is 2.63. The van der Waals surface area contributed by atoms with E-state index in [4.69, 9.17) is 22.1 Å². The van der Waals surface area contributed by atoms with E-state index in [0.717, 1.165) is 12.8 Å². The Morgan fingerprint density at radius 2 is 1.77 bits per heavy atom. The van der Waals surface area contributed by atoms with Gasteiger partial charge in [0.15, 0.2) is 0 Å². The maximum Gasteiger partial charge on any atom is 0.265 e. The van der Waals surface area contributed by atoms with Gasteiger partial charge in [-0.2, -0.15) is 0 Å². The number of ether oxygens (including phenoxy) is 1. The first-order valence-electron chi connectivity index (χ1n) is 8.31. The predicted molar refractivity (Wildman–Crippen MR) is 103 cm³/mol.